The summed E-state index contributed by atoms with van der Waals surface area (Å²) in [6.07, 6.45) is 0. The molecule has 0 radical (unpaired) electrons. The average molecular weight is 239 g/mol. The summed E-state index contributed by atoms with van der Waals surface area (Å²) in [5, 5.41) is 11.7. The van der Waals surface area contributed by atoms with E-state index in [0.717, 1.165) is 26.2 Å². The molecule has 1 aromatic rings. The molecule has 0 amide bonds. The van der Waals surface area contributed by atoms with Gasteiger partial charge in [0.25, 0.3) is 0 Å². The number of benzene rings is 1. The lowest BCUT2D eigenvalue weighted by Crippen LogP contribution is -2.50. The van der Waals surface area contributed by atoms with Gasteiger partial charge in [-0.2, -0.15) is 0 Å². The second kappa shape index (κ2) is 5.44. The Kier molecular flexibility index (Phi) is 3.93. The minimum atomic E-state index is -0.321. The van der Waals surface area contributed by atoms with E-state index in [2.05, 4.69) is 22.4 Å². The topological polar surface area (TPSA) is 38.7 Å². The van der Waals surface area contributed by atoms with Crippen LogP contribution in [-0.4, -0.2) is 48.2 Å². The van der Waals surface area contributed by atoms with Gasteiger partial charge in [-0.1, -0.05) is 0 Å². The molecule has 0 unspecified atom stereocenters. The highest BCUT2D eigenvalue weighted by atomic mass is 19.1. The molecule has 1 aliphatic rings. The fourth-order valence-corrected chi connectivity index (χ4v) is 1.86. The van der Waals surface area contributed by atoms with Gasteiger partial charge in [0.1, 0.15) is 11.6 Å². The van der Waals surface area contributed by atoms with Crippen LogP contribution in [0.15, 0.2) is 18.2 Å². The van der Waals surface area contributed by atoms with Gasteiger partial charge in [0.2, 0.25) is 0 Å². The Hall–Kier alpha value is -1.17. The zero-order valence-electron chi connectivity index (χ0n) is 9.99. The first-order chi connectivity index (χ1) is 8.15. The van der Waals surface area contributed by atoms with Crippen molar-refractivity contribution in [2.75, 3.05) is 33.2 Å². The average Bonchev–Trinajstić information content (AvgIpc) is 2.32. The molecule has 0 atom stereocenters. The summed E-state index contributed by atoms with van der Waals surface area (Å²) < 4.78 is 13.0. The molecule has 2 rings (SSSR count). The Morgan fingerprint density at radius 1 is 1.29 bits per heavy atom. The van der Waals surface area contributed by atoms with Crippen molar-refractivity contribution in [2.24, 2.45) is 0 Å². The summed E-state index contributed by atoms with van der Waals surface area (Å²) in [6.45, 7) is 4.36. The second-order valence-corrected chi connectivity index (χ2v) is 4.40. The summed E-state index contributed by atoms with van der Waals surface area (Å²) in [4.78, 5) is 2.26. The number of rotatable bonds is 3. The van der Waals surface area contributed by atoms with Crippen LogP contribution in [0.1, 0.15) is 5.56 Å². The van der Waals surface area contributed by atoms with Crippen LogP contribution in [0.2, 0.25) is 0 Å². The Balaban J connectivity index is 1.87. The van der Waals surface area contributed by atoms with Gasteiger partial charge in [-0.25, -0.2) is 9.40 Å². The minimum Gasteiger partial charge on any atom is -0.508 e. The molecule has 0 aliphatic carbocycles. The highest BCUT2D eigenvalue weighted by Crippen LogP contribution is 2.17. The van der Waals surface area contributed by atoms with E-state index in [1.54, 1.807) is 0 Å². The van der Waals surface area contributed by atoms with Gasteiger partial charge in [0.05, 0.1) is 0 Å². The van der Waals surface area contributed by atoms with Crippen LogP contribution in [0, 0.1) is 5.82 Å². The van der Waals surface area contributed by atoms with Crippen LogP contribution >= 0.6 is 0 Å². The molecule has 1 aliphatic heterocycles. The molecule has 4 nitrogen and oxygen atoms in total. The van der Waals surface area contributed by atoms with Crippen LogP contribution in [0.3, 0.4) is 0 Å². The Morgan fingerprint density at radius 3 is 2.71 bits per heavy atom. The third-order valence-corrected chi connectivity index (χ3v) is 3.04. The maximum atomic E-state index is 13.0. The zero-order valence-corrected chi connectivity index (χ0v) is 9.99. The van der Waals surface area contributed by atoms with Crippen LogP contribution in [0.4, 0.5) is 4.39 Å². The summed E-state index contributed by atoms with van der Waals surface area (Å²) in [5.41, 5.74) is 3.79. The lowest BCUT2D eigenvalue weighted by atomic mass is 10.2. The first kappa shape index (κ1) is 12.3. The highest BCUT2D eigenvalue weighted by molar-refractivity contribution is 5.32. The number of piperazine rings is 1. The van der Waals surface area contributed by atoms with Crippen molar-refractivity contribution >= 4 is 0 Å². The van der Waals surface area contributed by atoms with E-state index in [4.69, 9.17) is 0 Å². The molecule has 0 bridgehead atoms. The molecule has 0 spiro atoms. The first-order valence-electron chi connectivity index (χ1n) is 5.79. The van der Waals surface area contributed by atoms with Crippen molar-refractivity contribution in [3.8, 4) is 5.75 Å². The molecule has 17 heavy (non-hydrogen) atoms. The number of likely N-dealkylation sites (N-methyl/N-ethyl adjacent to an activating group) is 1. The summed E-state index contributed by atoms with van der Waals surface area (Å²) in [5.74, 6) is -0.189. The van der Waals surface area contributed by atoms with E-state index in [-0.39, 0.29) is 11.6 Å². The normalized spacial score (nSPS) is 18.5. The molecule has 2 N–H and O–H groups in total. The van der Waals surface area contributed by atoms with Crippen molar-refractivity contribution < 1.29 is 9.50 Å². The maximum absolute atomic E-state index is 13.0. The minimum absolute atomic E-state index is 0.132. The van der Waals surface area contributed by atoms with Gasteiger partial charge < -0.3 is 10.0 Å². The fraction of sp³-hybridized carbons (Fsp3) is 0.500. The molecule has 1 heterocycles. The molecule has 0 aromatic heterocycles. The largest absolute Gasteiger partial charge is 0.508 e. The molecular formula is C12H18FN3O. The van der Waals surface area contributed by atoms with Gasteiger partial charge >= 0.3 is 0 Å². The van der Waals surface area contributed by atoms with Gasteiger partial charge in [-0.15, -0.1) is 0 Å². The first-order valence-corrected chi connectivity index (χ1v) is 5.79. The maximum Gasteiger partial charge on any atom is 0.123 e. The number of hydrogen-bond acceptors (Lipinski definition) is 4. The van der Waals surface area contributed by atoms with E-state index in [1.807, 2.05) is 0 Å². The van der Waals surface area contributed by atoms with E-state index >= 15 is 0 Å². The van der Waals surface area contributed by atoms with E-state index in [9.17, 15) is 9.50 Å². The smallest absolute Gasteiger partial charge is 0.123 e. The highest BCUT2D eigenvalue weighted by Gasteiger charge is 2.13. The third kappa shape index (κ3) is 3.39. The molecular weight excluding hydrogens is 221 g/mol. The predicted octanol–water partition coefficient (Wildman–Crippen LogP) is 0.783. The number of nitrogens with one attached hydrogen (secondary N) is 1. The summed E-state index contributed by atoms with van der Waals surface area (Å²) >= 11 is 0. The number of phenolic OH excluding ortho intramolecular Hbond substituents is 1. The molecule has 5 heteroatoms. The Morgan fingerprint density at radius 2 is 2.00 bits per heavy atom. The zero-order chi connectivity index (χ0) is 12.3. The fourth-order valence-electron chi connectivity index (χ4n) is 1.86. The number of halogens is 1. The van der Waals surface area contributed by atoms with Crippen molar-refractivity contribution in [1.29, 1.82) is 0 Å². The molecule has 1 aromatic carbocycles. The van der Waals surface area contributed by atoms with Crippen molar-refractivity contribution in [1.82, 2.24) is 15.3 Å². The molecule has 1 fully saturated rings. The number of nitrogens with zero attached hydrogens (tertiary/aromatic N) is 2. The van der Waals surface area contributed by atoms with Gasteiger partial charge in [-0.05, 0) is 25.2 Å². The van der Waals surface area contributed by atoms with Crippen molar-refractivity contribution in [3.05, 3.63) is 29.6 Å². The van der Waals surface area contributed by atoms with Gasteiger partial charge in [-0.3, -0.25) is 5.43 Å². The van der Waals surface area contributed by atoms with Crippen molar-refractivity contribution in [3.63, 3.8) is 0 Å². The van der Waals surface area contributed by atoms with E-state index < -0.39 is 0 Å². The number of phenols is 1. The molecule has 0 saturated carbocycles. The van der Waals surface area contributed by atoms with E-state index in [1.165, 1.54) is 18.2 Å². The second-order valence-electron chi connectivity index (χ2n) is 4.40. The Labute approximate surface area is 101 Å². The SMILES string of the molecule is CN1CCN(NCc2cc(F)ccc2O)CC1. The molecule has 94 valence electrons. The van der Waals surface area contributed by atoms with Crippen LogP contribution in [0.5, 0.6) is 5.75 Å². The van der Waals surface area contributed by atoms with E-state index in [0.29, 0.717) is 12.1 Å². The van der Waals surface area contributed by atoms with Gasteiger partial charge in [0, 0.05) is 38.3 Å². The van der Waals surface area contributed by atoms with Crippen LogP contribution in [-0.2, 0) is 6.54 Å². The molecule has 1 saturated heterocycles. The number of hydrogen-bond donors (Lipinski definition) is 2. The van der Waals surface area contributed by atoms with Gasteiger partial charge in [0.15, 0.2) is 0 Å². The summed E-state index contributed by atoms with van der Waals surface area (Å²) in [7, 11) is 2.09. The monoisotopic (exact) mass is 239 g/mol. The predicted molar refractivity (Wildman–Crippen MR) is 64.0 cm³/mol. The lowest BCUT2D eigenvalue weighted by Gasteiger charge is -2.32. The van der Waals surface area contributed by atoms with Crippen LogP contribution < -0.4 is 5.43 Å². The number of aromatic hydroxyl groups is 1. The quantitative estimate of drug-likeness (QED) is 0.817. The summed E-state index contributed by atoms with van der Waals surface area (Å²) in [6, 6.07) is 4.00. The van der Waals surface area contributed by atoms with Crippen molar-refractivity contribution in [2.45, 2.75) is 6.54 Å². The number of hydrazine groups is 1. The Bertz CT molecular complexity index is 378. The third-order valence-electron chi connectivity index (χ3n) is 3.04. The standard InChI is InChI=1S/C12H18FN3O/c1-15-4-6-16(7-5-15)14-9-10-8-11(13)2-3-12(10)17/h2-3,8,14,17H,4-7,9H2,1H3. The van der Waals surface area contributed by atoms with Crippen LogP contribution in [0.25, 0.3) is 0 Å². The lowest BCUT2D eigenvalue weighted by molar-refractivity contribution is 0.102.